The summed E-state index contributed by atoms with van der Waals surface area (Å²) in [6.45, 7) is 4.68. The minimum Gasteiger partial charge on any atom is -0.488 e. The Balaban J connectivity index is 1.77. The Kier molecular flexibility index (Phi) is 8.61. The van der Waals surface area contributed by atoms with Crippen LogP contribution in [0.15, 0.2) is 82.0 Å². The predicted molar refractivity (Wildman–Crippen MR) is 152 cm³/mol. The number of para-hydroxylation sites is 1. The van der Waals surface area contributed by atoms with Gasteiger partial charge in [-0.15, -0.1) is 0 Å². The Labute approximate surface area is 222 Å². The summed E-state index contributed by atoms with van der Waals surface area (Å²) in [6.07, 6.45) is 3.59. The van der Waals surface area contributed by atoms with E-state index in [4.69, 9.17) is 25.4 Å². The first-order valence-corrected chi connectivity index (χ1v) is 12.5. The molecule has 0 atom stereocenters. The second-order valence-corrected chi connectivity index (χ2v) is 8.93. The van der Waals surface area contributed by atoms with Crippen LogP contribution in [0.4, 0.5) is 0 Å². The smallest absolute Gasteiger partial charge is 0.310 e. The van der Waals surface area contributed by atoms with Gasteiger partial charge in [0.1, 0.15) is 17.9 Å². The number of nitrogens with zero attached hydrogens (tertiary/aromatic N) is 1. The molecule has 0 aliphatic carbocycles. The molecular weight excluding hydrogens is 478 g/mol. The van der Waals surface area contributed by atoms with Crippen LogP contribution in [0.3, 0.4) is 0 Å². The normalized spacial score (nSPS) is 12.1. The summed E-state index contributed by atoms with van der Waals surface area (Å²) in [5, 5.41) is 0.904. The molecule has 0 amide bonds. The van der Waals surface area contributed by atoms with E-state index in [0.717, 1.165) is 44.3 Å². The molecule has 196 valence electrons. The van der Waals surface area contributed by atoms with Crippen molar-refractivity contribution in [1.82, 2.24) is 0 Å². The van der Waals surface area contributed by atoms with Crippen molar-refractivity contribution in [1.29, 1.82) is 0 Å². The van der Waals surface area contributed by atoms with E-state index >= 15 is 0 Å². The van der Waals surface area contributed by atoms with Gasteiger partial charge in [0.05, 0.1) is 19.3 Å². The second kappa shape index (κ2) is 12.3. The number of esters is 1. The number of rotatable bonds is 10. The summed E-state index contributed by atoms with van der Waals surface area (Å²) >= 11 is 0. The van der Waals surface area contributed by atoms with E-state index in [1.165, 1.54) is 0 Å². The highest BCUT2D eigenvalue weighted by atomic mass is 16.5. The maximum absolute atomic E-state index is 12.1. The van der Waals surface area contributed by atoms with Crippen LogP contribution < -0.4 is 16.2 Å². The maximum Gasteiger partial charge on any atom is 0.310 e. The van der Waals surface area contributed by atoms with Crippen LogP contribution in [0.2, 0.25) is 0 Å². The lowest BCUT2D eigenvalue weighted by molar-refractivity contribution is -0.142. The fraction of sp³-hybridized carbons (Fsp3) is 0.226. The number of carbonyl (C=O) groups is 1. The number of hydrogen-bond acceptors (Lipinski definition) is 7. The lowest BCUT2D eigenvalue weighted by Crippen LogP contribution is -2.09. The molecule has 7 heteroatoms. The summed E-state index contributed by atoms with van der Waals surface area (Å²) in [5.74, 6) is 0.332. The molecule has 4 aromatic rings. The van der Waals surface area contributed by atoms with Crippen molar-refractivity contribution < 1.29 is 18.7 Å². The number of nitrogens with two attached hydrogens (primary N) is 2. The van der Waals surface area contributed by atoms with Crippen molar-refractivity contribution in [2.45, 2.75) is 33.4 Å². The molecule has 4 N–H and O–H groups in total. The Morgan fingerprint density at radius 2 is 1.87 bits per heavy atom. The molecule has 0 bridgehead atoms. The van der Waals surface area contributed by atoms with Crippen LogP contribution in [0.25, 0.3) is 27.7 Å². The van der Waals surface area contributed by atoms with Crippen molar-refractivity contribution in [3.8, 4) is 16.9 Å². The Morgan fingerprint density at radius 1 is 1.05 bits per heavy atom. The SMILES string of the molecule is CCOC(=O)Cc1ccccc1OCc1coc2c(/C(C=NC)=C(\C)N)cc(-c3cccc(CN)c3)cc12. The molecule has 38 heavy (non-hydrogen) atoms. The van der Waals surface area contributed by atoms with Gasteiger partial charge >= 0.3 is 5.97 Å². The molecular formula is C31H33N3O4. The van der Waals surface area contributed by atoms with Crippen molar-refractivity contribution in [3.05, 3.63) is 94.9 Å². The number of aliphatic imine (C=N–C) groups is 1. The lowest BCUT2D eigenvalue weighted by Gasteiger charge is -2.12. The van der Waals surface area contributed by atoms with Gasteiger partial charge in [0, 0.05) is 53.2 Å². The van der Waals surface area contributed by atoms with Gasteiger partial charge < -0.3 is 25.4 Å². The first kappa shape index (κ1) is 26.7. The van der Waals surface area contributed by atoms with Gasteiger partial charge in [-0.1, -0.05) is 36.4 Å². The molecule has 0 aliphatic heterocycles. The molecule has 0 spiro atoms. The standard InChI is InChI=1S/C31H33N3O4/c1-4-36-30(35)15-23-9-5-6-11-29(23)37-18-25-19-38-31-26(25)13-24(22-10-7-8-21(12-22)16-32)14-27(31)28(17-34-3)20(2)33/h5-14,17,19H,4,15-16,18,32-33H2,1-3H3/b28-20+,34-17?. The summed E-state index contributed by atoms with van der Waals surface area (Å²) < 4.78 is 17.4. The third-order valence-corrected chi connectivity index (χ3v) is 6.22. The highest BCUT2D eigenvalue weighted by molar-refractivity contribution is 6.15. The monoisotopic (exact) mass is 511 g/mol. The van der Waals surface area contributed by atoms with Gasteiger partial charge in [-0.2, -0.15) is 0 Å². The third kappa shape index (κ3) is 5.95. The van der Waals surface area contributed by atoms with Gasteiger partial charge in [-0.05, 0) is 54.8 Å². The average Bonchev–Trinajstić information content (AvgIpc) is 3.34. The van der Waals surface area contributed by atoms with Crippen molar-refractivity contribution >= 4 is 28.7 Å². The molecule has 3 aromatic carbocycles. The summed E-state index contributed by atoms with van der Waals surface area (Å²) in [6, 6.07) is 19.8. The first-order chi connectivity index (χ1) is 18.4. The van der Waals surface area contributed by atoms with E-state index in [1.807, 2.05) is 43.3 Å². The van der Waals surface area contributed by atoms with Gasteiger partial charge in [-0.3, -0.25) is 9.79 Å². The minimum atomic E-state index is -0.291. The van der Waals surface area contributed by atoms with E-state index in [1.54, 1.807) is 26.4 Å². The van der Waals surface area contributed by atoms with E-state index < -0.39 is 0 Å². The third-order valence-electron chi connectivity index (χ3n) is 6.22. The number of benzene rings is 3. The average molecular weight is 512 g/mol. The summed E-state index contributed by atoms with van der Waals surface area (Å²) in [4.78, 5) is 16.3. The molecule has 0 aliphatic rings. The number of furan rings is 1. The number of hydrogen-bond donors (Lipinski definition) is 2. The van der Waals surface area contributed by atoms with E-state index in [-0.39, 0.29) is 19.0 Å². The Morgan fingerprint density at radius 3 is 2.61 bits per heavy atom. The fourth-order valence-corrected chi connectivity index (χ4v) is 4.37. The molecule has 4 rings (SSSR count). The second-order valence-electron chi connectivity index (χ2n) is 8.93. The molecule has 7 nitrogen and oxygen atoms in total. The Bertz CT molecular complexity index is 1500. The molecule has 0 saturated heterocycles. The zero-order valence-electron chi connectivity index (χ0n) is 22.0. The highest BCUT2D eigenvalue weighted by Gasteiger charge is 2.18. The molecule has 0 radical (unpaired) electrons. The number of allylic oxidation sites excluding steroid dienone is 2. The molecule has 1 heterocycles. The Hall–Kier alpha value is -4.36. The summed E-state index contributed by atoms with van der Waals surface area (Å²) in [5.41, 5.74) is 19.8. The zero-order valence-corrected chi connectivity index (χ0v) is 22.0. The number of ether oxygens (including phenoxy) is 2. The van der Waals surface area contributed by atoms with Crippen LogP contribution in [-0.2, 0) is 29.1 Å². The van der Waals surface area contributed by atoms with E-state index in [0.29, 0.717) is 30.2 Å². The van der Waals surface area contributed by atoms with E-state index in [2.05, 4.69) is 29.3 Å². The fourth-order valence-electron chi connectivity index (χ4n) is 4.37. The molecule has 1 aromatic heterocycles. The number of fused-ring (bicyclic) bond motifs is 1. The van der Waals surface area contributed by atoms with Gasteiger partial charge in [0.2, 0.25) is 0 Å². The van der Waals surface area contributed by atoms with Crippen LogP contribution in [0.1, 0.15) is 36.1 Å². The zero-order chi connectivity index (χ0) is 27.1. The summed E-state index contributed by atoms with van der Waals surface area (Å²) in [7, 11) is 1.71. The van der Waals surface area contributed by atoms with Crippen molar-refractivity contribution in [3.63, 3.8) is 0 Å². The largest absolute Gasteiger partial charge is 0.488 e. The molecule has 0 unspecified atom stereocenters. The van der Waals surface area contributed by atoms with Crippen molar-refractivity contribution in [2.24, 2.45) is 16.5 Å². The number of carbonyl (C=O) groups excluding carboxylic acids is 1. The highest BCUT2D eigenvalue weighted by Crippen LogP contribution is 2.35. The molecule has 0 saturated carbocycles. The van der Waals surface area contributed by atoms with Crippen LogP contribution >= 0.6 is 0 Å². The minimum absolute atomic E-state index is 0.141. The van der Waals surface area contributed by atoms with Gasteiger partial charge in [0.15, 0.2) is 0 Å². The van der Waals surface area contributed by atoms with Crippen LogP contribution in [0, 0.1) is 0 Å². The van der Waals surface area contributed by atoms with Gasteiger partial charge in [0.25, 0.3) is 0 Å². The maximum atomic E-state index is 12.1. The topological polar surface area (TPSA) is 113 Å². The molecule has 0 fully saturated rings. The van der Waals surface area contributed by atoms with Crippen molar-refractivity contribution in [2.75, 3.05) is 13.7 Å². The predicted octanol–water partition coefficient (Wildman–Crippen LogP) is 5.63. The van der Waals surface area contributed by atoms with E-state index in [9.17, 15) is 4.79 Å². The van der Waals surface area contributed by atoms with Crippen LogP contribution in [0.5, 0.6) is 5.75 Å². The van der Waals surface area contributed by atoms with Crippen LogP contribution in [-0.4, -0.2) is 25.8 Å². The first-order valence-electron chi connectivity index (χ1n) is 12.5. The lowest BCUT2D eigenvalue weighted by atomic mass is 9.94. The quantitative estimate of drug-likeness (QED) is 0.211. The van der Waals surface area contributed by atoms with Gasteiger partial charge in [-0.25, -0.2) is 0 Å².